The molecule has 0 aliphatic rings. The molecule has 0 aliphatic heterocycles. The third kappa shape index (κ3) is 24.5. The Hall–Kier alpha value is -1.58. The molecular weight excluding hydrogens is 376 g/mol. The Balaban J connectivity index is 0. The molecule has 0 radical (unpaired) electrons. The molecule has 0 aromatic heterocycles. The van der Waals surface area contributed by atoms with E-state index in [1.54, 1.807) is 13.8 Å². The highest BCUT2D eigenvalue weighted by molar-refractivity contribution is 5.86. The maximum absolute atomic E-state index is 10.5. The normalized spacial score (nSPS) is 11.7. The van der Waals surface area contributed by atoms with E-state index < -0.39 is 11.9 Å². The van der Waals surface area contributed by atoms with Crippen molar-refractivity contribution in [3.8, 4) is 0 Å². The van der Waals surface area contributed by atoms with Crippen molar-refractivity contribution >= 4 is 11.9 Å². The maximum Gasteiger partial charge on any atom is 0.330 e. The Morgan fingerprint density at radius 3 is 1.07 bits per heavy atom. The van der Waals surface area contributed by atoms with Crippen molar-refractivity contribution in [2.45, 2.75) is 130 Å². The van der Waals surface area contributed by atoms with Crippen LogP contribution in [0.3, 0.4) is 0 Å². The van der Waals surface area contributed by atoms with Crippen LogP contribution >= 0.6 is 0 Å². The van der Waals surface area contributed by atoms with Crippen molar-refractivity contribution in [2.75, 3.05) is 0 Å². The third-order valence-electron chi connectivity index (χ3n) is 5.19. The van der Waals surface area contributed by atoms with Gasteiger partial charge in [0.05, 0.1) is 0 Å². The zero-order chi connectivity index (χ0) is 23.0. The summed E-state index contributed by atoms with van der Waals surface area (Å²) in [7, 11) is 0. The molecule has 0 bridgehead atoms. The molecule has 0 atom stereocenters. The first-order chi connectivity index (χ1) is 14.4. The van der Waals surface area contributed by atoms with Crippen LogP contribution in [0.25, 0.3) is 0 Å². The molecule has 0 aromatic carbocycles. The molecule has 30 heavy (non-hydrogen) atoms. The minimum atomic E-state index is -0.795. The fraction of sp³-hybridized carbons (Fsp3) is 0.769. The second-order valence-electron chi connectivity index (χ2n) is 8.20. The average Bonchev–Trinajstić information content (AvgIpc) is 2.71. The summed E-state index contributed by atoms with van der Waals surface area (Å²) in [5.41, 5.74) is 0.946. The van der Waals surface area contributed by atoms with Gasteiger partial charge in [-0.3, -0.25) is 0 Å². The topological polar surface area (TPSA) is 74.6 Å². The van der Waals surface area contributed by atoms with Crippen molar-refractivity contribution < 1.29 is 19.8 Å². The molecule has 0 spiro atoms. The van der Waals surface area contributed by atoms with Crippen LogP contribution < -0.4 is 0 Å². The van der Waals surface area contributed by atoms with Gasteiger partial charge in [-0.15, -0.1) is 0 Å². The van der Waals surface area contributed by atoms with Gasteiger partial charge < -0.3 is 10.2 Å². The monoisotopic (exact) mass is 424 g/mol. The summed E-state index contributed by atoms with van der Waals surface area (Å²) < 4.78 is 0. The summed E-state index contributed by atoms with van der Waals surface area (Å²) in [6, 6.07) is 0. The van der Waals surface area contributed by atoms with Crippen molar-refractivity contribution in [3.05, 3.63) is 23.3 Å². The second kappa shape index (κ2) is 23.7. The van der Waals surface area contributed by atoms with E-state index in [2.05, 4.69) is 13.8 Å². The van der Waals surface area contributed by atoms with Gasteiger partial charge in [0.15, 0.2) is 0 Å². The lowest BCUT2D eigenvalue weighted by molar-refractivity contribution is -0.133. The molecule has 0 fully saturated rings. The Bertz CT molecular complexity index is 477. The molecule has 0 saturated carbocycles. The summed E-state index contributed by atoms with van der Waals surface area (Å²) in [6.07, 6.45) is 23.4. The standard InChI is InChI=1S/C14H26O2.C12H22O2/c1-3-4-5-6-7-8-9-10-11-12-13(2)14(15)16;1-3-4-5-6-7-8-9-10-11(2)12(13)14/h12H,3-11H2,1-2H3,(H,15,16);10H,3-9H2,1-2H3,(H,13,14). The van der Waals surface area contributed by atoms with Crippen molar-refractivity contribution in [3.63, 3.8) is 0 Å². The van der Waals surface area contributed by atoms with Crippen LogP contribution in [0, 0.1) is 0 Å². The maximum atomic E-state index is 10.5. The van der Waals surface area contributed by atoms with Gasteiger partial charge in [-0.05, 0) is 39.5 Å². The predicted octanol–water partition coefficient (Wildman–Crippen LogP) is 8.32. The first-order valence-corrected chi connectivity index (χ1v) is 12.2. The van der Waals surface area contributed by atoms with Gasteiger partial charge in [0.1, 0.15) is 0 Å². The van der Waals surface area contributed by atoms with Gasteiger partial charge in [-0.2, -0.15) is 0 Å². The Morgan fingerprint density at radius 2 is 0.800 bits per heavy atom. The highest BCUT2D eigenvalue weighted by Gasteiger charge is 1.98. The number of rotatable bonds is 18. The molecule has 0 aliphatic carbocycles. The van der Waals surface area contributed by atoms with Crippen LogP contribution in [0.4, 0.5) is 0 Å². The fourth-order valence-electron chi connectivity index (χ4n) is 3.01. The first kappa shape index (κ1) is 30.6. The van der Waals surface area contributed by atoms with Crippen LogP contribution in [0.1, 0.15) is 130 Å². The van der Waals surface area contributed by atoms with Gasteiger partial charge in [0.25, 0.3) is 0 Å². The number of unbranched alkanes of at least 4 members (excludes halogenated alkanes) is 14. The lowest BCUT2D eigenvalue weighted by Crippen LogP contribution is -1.95. The van der Waals surface area contributed by atoms with E-state index in [9.17, 15) is 9.59 Å². The molecule has 0 saturated heterocycles. The van der Waals surface area contributed by atoms with Gasteiger partial charge >= 0.3 is 11.9 Å². The minimum Gasteiger partial charge on any atom is -0.478 e. The number of carboxylic acids is 2. The number of allylic oxidation sites excluding steroid dienone is 2. The highest BCUT2D eigenvalue weighted by Crippen LogP contribution is 2.10. The van der Waals surface area contributed by atoms with Crippen LogP contribution in [-0.4, -0.2) is 22.2 Å². The molecule has 4 heteroatoms. The number of carbonyl (C=O) groups is 2. The third-order valence-corrected chi connectivity index (χ3v) is 5.19. The van der Waals surface area contributed by atoms with E-state index in [1.807, 2.05) is 12.2 Å². The number of carboxylic acid groups (broad SMARTS) is 2. The van der Waals surface area contributed by atoms with Gasteiger partial charge in [0, 0.05) is 11.1 Å². The SMILES string of the molecule is CCCCCCCCC=C(C)C(=O)O.CCCCCCCCCCC=C(C)C(=O)O. The number of hydrogen-bond acceptors (Lipinski definition) is 2. The van der Waals surface area contributed by atoms with Crippen LogP contribution in [-0.2, 0) is 9.59 Å². The summed E-state index contributed by atoms with van der Waals surface area (Å²) in [6.45, 7) is 7.75. The van der Waals surface area contributed by atoms with E-state index in [0.29, 0.717) is 11.1 Å². The molecule has 0 aromatic rings. The molecule has 2 N–H and O–H groups in total. The van der Waals surface area contributed by atoms with E-state index >= 15 is 0 Å². The summed E-state index contributed by atoms with van der Waals surface area (Å²) in [5.74, 6) is -1.59. The van der Waals surface area contributed by atoms with E-state index in [-0.39, 0.29) is 0 Å². The van der Waals surface area contributed by atoms with E-state index in [4.69, 9.17) is 10.2 Å². The summed E-state index contributed by atoms with van der Waals surface area (Å²) in [4.78, 5) is 20.9. The Kier molecular flexibility index (Phi) is 24.2. The quantitative estimate of drug-likeness (QED) is 0.171. The summed E-state index contributed by atoms with van der Waals surface area (Å²) >= 11 is 0. The molecule has 176 valence electrons. The molecule has 4 nitrogen and oxygen atoms in total. The minimum absolute atomic E-state index is 0.471. The molecule has 0 heterocycles. The molecule has 0 amide bonds. The summed E-state index contributed by atoms with van der Waals surface area (Å²) in [5, 5.41) is 17.2. The predicted molar refractivity (Wildman–Crippen MR) is 128 cm³/mol. The Labute approximate surface area is 185 Å². The van der Waals surface area contributed by atoms with Gasteiger partial charge in [-0.1, -0.05) is 103 Å². The van der Waals surface area contributed by atoms with Crippen LogP contribution in [0.2, 0.25) is 0 Å². The Morgan fingerprint density at radius 1 is 0.533 bits per heavy atom. The molecule has 0 unspecified atom stereocenters. The van der Waals surface area contributed by atoms with Crippen molar-refractivity contribution in [1.82, 2.24) is 0 Å². The zero-order valence-electron chi connectivity index (χ0n) is 20.2. The van der Waals surface area contributed by atoms with Crippen molar-refractivity contribution in [1.29, 1.82) is 0 Å². The second-order valence-corrected chi connectivity index (χ2v) is 8.20. The largest absolute Gasteiger partial charge is 0.478 e. The van der Waals surface area contributed by atoms with Crippen LogP contribution in [0.15, 0.2) is 23.3 Å². The lowest BCUT2D eigenvalue weighted by Gasteiger charge is -2.00. The lowest BCUT2D eigenvalue weighted by atomic mass is 10.1. The number of aliphatic carboxylic acids is 2. The fourth-order valence-corrected chi connectivity index (χ4v) is 3.01. The molecule has 0 rings (SSSR count). The van der Waals surface area contributed by atoms with Gasteiger partial charge in [-0.25, -0.2) is 9.59 Å². The van der Waals surface area contributed by atoms with E-state index in [1.165, 1.54) is 77.0 Å². The number of hydrogen-bond donors (Lipinski definition) is 2. The van der Waals surface area contributed by atoms with Crippen LogP contribution in [0.5, 0.6) is 0 Å². The van der Waals surface area contributed by atoms with Crippen molar-refractivity contribution in [2.24, 2.45) is 0 Å². The van der Waals surface area contributed by atoms with Gasteiger partial charge in [0.2, 0.25) is 0 Å². The average molecular weight is 425 g/mol. The zero-order valence-corrected chi connectivity index (χ0v) is 20.2. The first-order valence-electron chi connectivity index (χ1n) is 12.2. The highest BCUT2D eigenvalue weighted by atomic mass is 16.4. The van der Waals surface area contributed by atoms with E-state index in [0.717, 1.165) is 25.7 Å². The molecular formula is C26H48O4. The smallest absolute Gasteiger partial charge is 0.330 e.